The van der Waals surface area contributed by atoms with Gasteiger partial charge in [-0.05, 0) is 31.1 Å². The third-order valence-electron chi connectivity index (χ3n) is 5.26. The van der Waals surface area contributed by atoms with E-state index in [2.05, 4.69) is 37.9 Å². The molecule has 1 saturated heterocycles. The Labute approximate surface area is 114 Å². The Morgan fingerprint density at radius 2 is 1.78 bits per heavy atom. The SMILES string of the molecule is CC(N1CCNC(C2CCCCC2)C1)C(C)(C)C. The summed E-state index contributed by atoms with van der Waals surface area (Å²) in [4.78, 5) is 2.72. The van der Waals surface area contributed by atoms with Gasteiger partial charge in [0.15, 0.2) is 0 Å². The topological polar surface area (TPSA) is 15.3 Å². The van der Waals surface area contributed by atoms with E-state index in [9.17, 15) is 0 Å². The molecule has 1 saturated carbocycles. The average Bonchev–Trinajstić information content (AvgIpc) is 2.38. The molecule has 0 aromatic carbocycles. The number of nitrogens with zero attached hydrogens (tertiary/aromatic N) is 1. The first-order chi connectivity index (χ1) is 8.48. The Morgan fingerprint density at radius 1 is 1.11 bits per heavy atom. The van der Waals surface area contributed by atoms with Crippen LogP contribution in [0.3, 0.4) is 0 Å². The summed E-state index contributed by atoms with van der Waals surface area (Å²) >= 11 is 0. The summed E-state index contributed by atoms with van der Waals surface area (Å²) in [5.74, 6) is 0.939. The first kappa shape index (κ1) is 14.3. The Balaban J connectivity index is 1.91. The van der Waals surface area contributed by atoms with Crippen LogP contribution in [0.5, 0.6) is 0 Å². The van der Waals surface area contributed by atoms with E-state index < -0.39 is 0 Å². The highest BCUT2D eigenvalue weighted by Crippen LogP contribution is 2.30. The largest absolute Gasteiger partial charge is 0.311 e. The monoisotopic (exact) mass is 252 g/mol. The molecule has 0 radical (unpaired) electrons. The molecule has 2 heteroatoms. The third kappa shape index (κ3) is 3.48. The molecular weight excluding hydrogens is 220 g/mol. The highest BCUT2D eigenvalue weighted by Gasteiger charge is 2.33. The van der Waals surface area contributed by atoms with E-state index in [4.69, 9.17) is 0 Å². The van der Waals surface area contributed by atoms with Crippen LogP contribution in [0.15, 0.2) is 0 Å². The molecule has 2 aliphatic rings. The van der Waals surface area contributed by atoms with Gasteiger partial charge in [-0.25, -0.2) is 0 Å². The molecule has 0 aromatic rings. The maximum absolute atomic E-state index is 3.78. The molecule has 106 valence electrons. The van der Waals surface area contributed by atoms with Gasteiger partial charge < -0.3 is 5.32 Å². The summed E-state index contributed by atoms with van der Waals surface area (Å²) in [7, 11) is 0. The van der Waals surface area contributed by atoms with Crippen molar-refractivity contribution < 1.29 is 0 Å². The van der Waals surface area contributed by atoms with E-state index in [0.29, 0.717) is 11.5 Å². The van der Waals surface area contributed by atoms with Crippen molar-refractivity contribution in [2.75, 3.05) is 19.6 Å². The highest BCUT2D eigenvalue weighted by atomic mass is 15.2. The lowest BCUT2D eigenvalue weighted by Gasteiger charge is -2.45. The fraction of sp³-hybridized carbons (Fsp3) is 1.00. The summed E-state index contributed by atoms with van der Waals surface area (Å²) in [6.45, 7) is 13.2. The van der Waals surface area contributed by atoms with Crippen LogP contribution in [-0.4, -0.2) is 36.6 Å². The molecule has 1 N–H and O–H groups in total. The van der Waals surface area contributed by atoms with Crippen LogP contribution in [0.4, 0.5) is 0 Å². The van der Waals surface area contributed by atoms with Gasteiger partial charge >= 0.3 is 0 Å². The second-order valence-corrected chi connectivity index (χ2v) is 7.50. The fourth-order valence-corrected chi connectivity index (χ4v) is 3.55. The molecule has 2 rings (SSSR count). The van der Waals surface area contributed by atoms with Crippen molar-refractivity contribution in [3.05, 3.63) is 0 Å². The van der Waals surface area contributed by atoms with Crippen molar-refractivity contribution in [2.45, 2.75) is 71.9 Å². The highest BCUT2D eigenvalue weighted by molar-refractivity contribution is 4.90. The Bertz CT molecular complexity index is 250. The van der Waals surface area contributed by atoms with Crippen molar-refractivity contribution >= 4 is 0 Å². The quantitative estimate of drug-likeness (QED) is 0.811. The van der Waals surface area contributed by atoms with Gasteiger partial charge in [-0.15, -0.1) is 0 Å². The van der Waals surface area contributed by atoms with Crippen molar-refractivity contribution in [3.63, 3.8) is 0 Å². The fourth-order valence-electron chi connectivity index (χ4n) is 3.55. The number of rotatable bonds is 2. The Morgan fingerprint density at radius 3 is 2.39 bits per heavy atom. The van der Waals surface area contributed by atoms with Crippen molar-refractivity contribution in [2.24, 2.45) is 11.3 Å². The van der Waals surface area contributed by atoms with Gasteiger partial charge in [0.2, 0.25) is 0 Å². The molecule has 0 bridgehead atoms. The van der Waals surface area contributed by atoms with Crippen molar-refractivity contribution in [3.8, 4) is 0 Å². The smallest absolute Gasteiger partial charge is 0.0223 e. The summed E-state index contributed by atoms with van der Waals surface area (Å²) in [6.07, 6.45) is 7.28. The van der Waals surface area contributed by atoms with Crippen LogP contribution in [0, 0.1) is 11.3 Å². The van der Waals surface area contributed by atoms with Crippen LogP contribution in [0.1, 0.15) is 59.8 Å². The number of nitrogens with one attached hydrogen (secondary N) is 1. The molecule has 2 atom stereocenters. The normalized spacial score (nSPS) is 30.3. The van der Waals surface area contributed by atoms with E-state index in [1.807, 2.05) is 0 Å². The molecule has 0 amide bonds. The van der Waals surface area contributed by atoms with Crippen LogP contribution in [-0.2, 0) is 0 Å². The van der Waals surface area contributed by atoms with E-state index in [-0.39, 0.29) is 0 Å². The van der Waals surface area contributed by atoms with Crippen LogP contribution < -0.4 is 5.32 Å². The van der Waals surface area contributed by atoms with E-state index in [1.165, 1.54) is 51.7 Å². The lowest BCUT2D eigenvalue weighted by atomic mass is 9.81. The van der Waals surface area contributed by atoms with Gasteiger partial charge in [-0.1, -0.05) is 40.0 Å². The van der Waals surface area contributed by atoms with E-state index >= 15 is 0 Å². The van der Waals surface area contributed by atoms with Crippen LogP contribution in [0.2, 0.25) is 0 Å². The number of piperazine rings is 1. The molecule has 0 spiro atoms. The maximum atomic E-state index is 3.78. The standard InChI is InChI=1S/C16H32N2/c1-13(16(2,3)4)18-11-10-17-15(12-18)14-8-6-5-7-9-14/h13-15,17H,5-12H2,1-4H3. The minimum Gasteiger partial charge on any atom is -0.311 e. The molecule has 18 heavy (non-hydrogen) atoms. The molecule has 0 aromatic heterocycles. The van der Waals surface area contributed by atoms with Gasteiger partial charge in [-0.3, -0.25) is 4.90 Å². The first-order valence-corrected chi connectivity index (χ1v) is 7.96. The minimum atomic E-state index is 0.397. The number of hydrogen-bond acceptors (Lipinski definition) is 2. The second-order valence-electron chi connectivity index (χ2n) is 7.50. The summed E-state index contributed by atoms with van der Waals surface area (Å²) in [6, 6.07) is 1.44. The number of hydrogen-bond donors (Lipinski definition) is 1. The Hall–Kier alpha value is -0.0800. The molecule has 2 fully saturated rings. The van der Waals surface area contributed by atoms with Gasteiger partial charge in [-0.2, -0.15) is 0 Å². The van der Waals surface area contributed by atoms with Crippen molar-refractivity contribution in [1.29, 1.82) is 0 Å². The second kappa shape index (κ2) is 5.92. The third-order valence-corrected chi connectivity index (χ3v) is 5.26. The molecule has 1 heterocycles. The lowest BCUT2D eigenvalue weighted by molar-refractivity contribution is 0.0630. The zero-order valence-electron chi connectivity index (χ0n) is 12.8. The molecular formula is C16H32N2. The summed E-state index contributed by atoms with van der Waals surface area (Å²) < 4.78 is 0. The lowest BCUT2D eigenvalue weighted by Crippen LogP contribution is -2.58. The van der Waals surface area contributed by atoms with Crippen LogP contribution >= 0.6 is 0 Å². The zero-order valence-corrected chi connectivity index (χ0v) is 12.8. The first-order valence-electron chi connectivity index (χ1n) is 7.96. The average molecular weight is 252 g/mol. The molecule has 2 unspecified atom stereocenters. The summed E-state index contributed by atoms with van der Waals surface area (Å²) in [5, 5.41) is 3.78. The van der Waals surface area contributed by atoms with Gasteiger partial charge in [0, 0.05) is 31.7 Å². The van der Waals surface area contributed by atoms with Crippen LogP contribution in [0.25, 0.3) is 0 Å². The molecule has 1 aliphatic heterocycles. The molecule has 1 aliphatic carbocycles. The minimum absolute atomic E-state index is 0.397. The van der Waals surface area contributed by atoms with E-state index in [0.717, 1.165) is 12.0 Å². The van der Waals surface area contributed by atoms with Gasteiger partial charge in [0.05, 0.1) is 0 Å². The summed E-state index contributed by atoms with van der Waals surface area (Å²) in [5.41, 5.74) is 0.397. The van der Waals surface area contributed by atoms with Gasteiger partial charge in [0.25, 0.3) is 0 Å². The maximum Gasteiger partial charge on any atom is 0.0223 e. The zero-order chi connectivity index (χ0) is 13.2. The molecule has 2 nitrogen and oxygen atoms in total. The van der Waals surface area contributed by atoms with Crippen molar-refractivity contribution in [1.82, 2.24) is 10.2 Å². The van der Waals surface area contributed by atoms with Gasteiger partial charge in [0.1, 0.15) is 0 Å². The predicted molar refractivity (Wildman–Crippen MR) is 78.9 cm³/mol. The van der Waals surface area contributed by atoms with E-state index in [1.54, 1.807) is 0 Å². The predicted octanol–water partition coefficient (Wildman–Crippen LogP) is 3.28. The Kier molecular flexibility index (Phi) is 4.71.